The van der Waals surface area contributed by atoms with E-state index in [4.69, 9.17) is 0 Å². The van der Waals surface area contributed by atoms with E-state index >= 15 is 0 Å². The predicted octanol–water partition coefficient (Wildman–Crippen LogP) is 2.67. The van der Waals surface area contributed by atoms with E-state index < -0.39 is 0 Å². The summed E-state index contributed by atoms with van der Waals surface area (Å²) in [6.45, 7) is 2.60. The standard InChI is InChI=1S/C17H25N3O2/c1-2-12-18-16(21)14-10-7-11-15(20-14)17(22)19-13-8-5-3-4-6-9-13/h7,10-11,13H,2-6,8-9,12H2,1H3,(H,18,21)(H,19,22). The predicted molar refractivity (Wildman–Crippen MR) is 85.8 cm³/mol. The van der Waals surface area contributed by atoms with Gasteiger partial charge in [-0.2, -0.15) is 0 Å². The molecule has 0 atom stereocenters. The Labute approximate surface area is 131 Å². The van der Waals surface area contributed by atoms with Crippen LogP contribution in [0, 0.1) is 0 Å². The maximum atomic E-state index is 12.3. The van der Waals surface area contributed by atoms with Crippen LogP contribution in [0.5, 0.6) is 0 Å². The van der Waals surface area contributed by atoms with E-state index in [-0.39, 0.29) is 17.9 Å². The van der Waals surface area contributed by atoms with Gasteiger partial charge in [-0.15, -0.1) is 0 Å². The zero-order valence-corrected chi connectivity index (χ0v) is 13.2. The van der Waals surface area contributed by atoms with Gasteiger partial charge in [0.15, 0.2) is 0 Å². The van der Waals surface area contributed by atoms with E-state index in [1.165, 1.54) is 12.8 Å². The molecule has 22 heavy (non-hydrogen) atoms. The highest BCUT2D eigenvalue weighted by Crippen LogP contribution is 2.17. The number of carbonyl (C=O) groups excluding carboxylic acids is 2. The molecule has 0 radical (unpaired) electrons. The van der Waals surface area contributed by atoms with E-state index in [2.05, 4.69) is 15.6 Å². The lowest BCUT2D eigenvalue weighted by atomic mass is 10.1. The van der Waals surface area contributed by atoms with Crippen LogP contribution in [0.15, 0.2) is 18.2 Å². The quantitative estimate of drug-likeness (QED) is 0.822. The van der Waals surface area contributed by atoms with Gasteiger partial charge >= 0.3 is 0 Å². The van der Waals surface area contributed by atoms with Gasteiger partial charge in [0.2, 0.25) is 0 Å². The number of rotatable bonds is 5. The van der Waals surface area contributed by atoms with Gasteiger partial charge in [-0.05, 0) is 31.4 Å². The molecule has 0 unspecified atom stereocenters. The van der Waals surface area contributed by atoms with Gasteiger partial charge in [-0.25, -0.2) is 4.98 Å². The van der Waals surface area contributed by atoms with Crippen molar-refractivity contribution in [2.75, 3.05) is 6.54 Å². The molecule has 5 nitrogen and oxygen atoms in total. The summed E-state index contributed by atoms with van der Waals surface area (Å²) >= 11 is 0. The average molecular weight is 303 g/mol. The summed E-state index contributed by atoms with van der Waals surface area (Å²) in [5.41, 5.74) is 0.607. The highest BCUT2D eigenvalue weighted by molar-refractivity contribution is 5.96. The fourth-order valence-corrected chi connectivity index (χ4v) is 2.70. The third kappa shape index (κ3) is 4.83. The molecule has 5 heteroatoms. The van der Waals surface area contributed by atoms with Crippen molar-refractivity contribution in [1.82, 2.24) is 15.6 Å². The molecule has 1 aliphatic carbocycles. The van der Waals surface area contributed by atoms with Gasteiger partial charge in [0.25, 0.3) is 11.8 Å². The van der Waals surface area contributed by atoms with Crippen LogP contribution in [0.2, 0.25) is 0 Å². The van der Waals surface area contributed by atoms with Crippen molar-refractivity contribution < 1.29 is 9.59 Å². The lowest BCUT2D eigenvalue weighted by Gasteiger charge is -2.16. The minimum Gasteiger partial charge on any atom is -0.351 e. The van der Waals surface area contributed by atoms with Crippen LogP contribution >= 0.6 is 0 Å². The van der Waals surface area contributed by atoms with Gasteiger partial charge in [-0.3, -0.25) is 9.59 Å². The Hall–Kier alpha value is -1.91. The Morgan fingerprint density at radius 3 is 2.36 bits per heavy atom. The number of nitrogens with zero attached hydrogens (tertiary/aromatic N) is 1. The molecule has 1 heterocycles. The van der Waals surface area contributed by atoms with Gasteiger partial charge in [-0.1, -0.05) is 38.7 Å². The highest BCUT2D eigenvalue weighted by atomic mass is 16.2. The van der Waals surface area contributed by atoms with E-state index in [1.54, 1.807) is 18.2 Å². The molecular weight excluding hydrogens is 278 g/mol. The molecule has 120 valence electrons. The second-order valence-electron chi connectivity index (χ2n) is 5.83. The second kappa shape index (κ2) is 8.51. The summed E-state index contributed by atoms with van der Waals surface area (Å²) < 4.78 is 0. The van der Waals surface area contributed by atoms with Crippen LogP contribution in [-0.4, -0.2) is 29.4 Å². The monoisotopic (exact) mass is 303 g/mol. The largest absolute Gasteiger partial charge is 0.351 e. The molecule has 0 spiro atoms. The molecule has 2 amide bonds. The first-order valence-electron chi connectivity index (χ1n) is 8.27. The number of hydrogen-bond acceptors (Lipinski definition) is 3. The van der Waals surface area contributed by atoms with Crippen molar-refractivity contribution >= 4 is 11.8 Å². The van der Waals surface area contributed by atoms with Crippen molar-refractivity contribution in [3.8, 4) is 0 Å². The molecule has 1 aromatic heterocycles. The van der Waals surface area contributed by atoms with Crippen molar-refractivity contribution in [2.45, 2.75) is 57.9 Å². The number of amides is 2. The van der Waals surface area contributed by atoms with Crippen LogP contribution in [0.3, 0.4) is 0 Å². The van der Waals surface area contributed by atoms with E-state index in [0.29, 0.717) is 17.9 Å². The molecule has 1 aromatic rings. The molecular formula is C17H25N3O2. The Kier molecular flexibility index (Phi) is 6.37. The maximum Gasteiger partial charge on any atom is 0.270 e. The first-order valence-corrected chi connectivity index (χ1v) is 8.27. The van der Waals surface area contributed by atoms with Crippen molar-refractivity contribution in [3.05, 3.63) is 29.6 Å². The smallest absolute Gasteiger partial charge is 0.270 e. The van der Waals surface area contributed by atoms with Gasteiger partial charge in [0.1, 0.15) is 11.4 Å². The number of pyridine rings is 1. The van der Waals surface area contributed by atoms with Crippen LogP contribution in [0.4, 0.5) is 0 Å². The fourth-order valence-electron chi connectivity index (χ4n) is 2.70. The summed E-state index contributed by atoms with van der Waals surface area (Å²) in [6.07, 6.45) is 7.75. The Morgan fingerprint density at radius 1 is 1.09 bits per heavy atom. The molecule has 1 saturated carbocycles. The SMILES string of the molecule is CCCNC(=O)c1cccc(C(=O)NC2CCCCCC2)n1. The molecule has 0 aliphatic heterocycles. The molecule has 0 aromatic carbocycles. The Morgan fingerprint density at radius 2 is 1.73 bits per heavy atom. The van der Waals surface area contributed by atoms with Gasteiger partial charge < -0.3 is 10.6 Å². The van der Waals surface area contributed by atoms with E-state index in [0.717, 1.165) is 32.1 Å². The molecule has 0 bridgehead atoms. The molecule has 1 fully saturated rings. The van der Waals surface area contributed by atoms with Crippen LogP contribution < -0.4 is 10.6 Å². The average Bonchev–Trinajstić information content (AvgIpc) is 2.81. The minimum atomic E-state index is -0.231. The van der Waals surface area contributed by atoms with Crippen molar-refractivity contribution in [2.24, 2.45) is 0 Å². The van der Waals surface area contributed by atoms with Crippen molar-refractivity contribution in [1.29, 1.82) is 0 Å². The van der Waals surface area contributed by atoms with Crippen LogP contribution in [-0.2, 0) is 0 Å². The van der Waals surface area contributed by atoms with Gasteiger partial charge in [0.05, 0.1) is 0 Å². The number of aromatic nitrogens is 1. The zero-order chi connectivity index (χ0) is 15.8. The number of carbonyl (C=O) groups is 2. The third-order valence-electron chi connectivity index (χ3n) is 3.94. The fraction of sp³-hybridized carbons (Fsp3) is 0.588. The number of nitrogens with one attached hydrogen (secondary N) is 2. The molecule has 1 aliphatic rings. The Bertz CT molecular complexity index is 508. The first kappa shape index (κ1) is 16.5. The van der Waals surface area contributed by atoms with Crippen LogP contribution in [0.25, 0.3) is 0 Å². The lowest BCUT2D eigenvalue weighted by molar-refractivity contribution is 0.0927. The normalized spacial score (nSPS) is 15.9. The zero-order valence-electron chi connectivity index (χ0n) is 13.2. The van der Waals surface area contributed by atoms with Crippen LogP contribution in [0.1, 0.15) is 72.8 Å². The van der Waals surface area contributed by atoms with Crippen molar-refractivity contribution in [3.63, 3.8) is 0 Å². The highest BCUT2D eigenvalue weighted by Gasteiger charge is 2.17. The van der Waals surface area contributed by atoms with E-state index in [1.807, 2.05) is 6.92 Å². The second-order valence-corrected chi connectivity index (χ2v) is 5.83. The topological polar surface area (TPSA) is 71.1 Å². The lowest BCUT2D eigenvalue weighted by Crippen LogP contribution is -2.35. The summed E-state index contributed by atoms with van der Waals surface area (Å²) in [5.74, 6) is -0.414. The molecule has 2 N–H and O–H groups in total. The van der Waals surface area contributed by atoms with E-state index in [9.17, 15) is 9.59 Å². The Balaban J connectivity index is 1.98. The first-order chi connectivity index (χ1) is 10.7. The summed E-state index contributed by atoms with van der Waals surface area (Å²) in [5, 5.41) is 5.82. The van der Waals surface area contributed by atoms with Gasteiger partial charge in [0, 0.05) is 12.6 Å². The molecule has 0 saturated heterocycles. The summed E-state index contributed by atoms with van der Waals surface area (Å²) in [7, 11) is 0. The molecule has 2 rings (SSSR count). The number of hydrogen-bond donors (Lipinski definition) is 2. The third-order valence-corrected chi connectivity index (χ3v) is 3.94. The summed E-state index contributed by atoms with van der Waals surface area (Å²) in [4.78, 5) is 28.4. The summed E-state index contributed by atoms with van der Waals surface area (Å²) in [6, 6.07) is 5.22. The maximum absolute atomic E-state index is 12.3. The minimum absolute atomic E-state index is 0.183.